The SMILES string of the molecule is Cc1ccc(Br)nc1NC(=O)C1CC2(CO)CC2N1.Cl. The highest BCUT2D eigenvalue weighted by atomic mass is 79.9. The van der Waals surface area contributed by atoms with Crippen molar-refractivity contribution in [1.29, 1.82) is 0 Å². The molecule has 2 fully saturated rings. The fourth-order valence-electron chi connectivity index (χ4n) is 2.76. The molecule has 1 saturated heterocycles. The number of hydrogen-bond acceptors (Lipinski definition) is 4. The van der Waals surface area contributed by atoms with Crippen LogP contribution >= 0.6 is 28.3 Å². The van der Waals surface area contributed by atoms with Crippen molar-refractivity contribution in [2.75, 3.05) is 11.9 Å². The lowest BCUT2D eigenvalue weighted by molar-refractivity contribution is -0.118. The Morgan fingerprint density at radius 2 is 2.35 bits per heavy atom. The third kappa shape index (κ3) is 2.70. The lowest BCUT2D eigenvalue weighted by Gasteiger charge is -2.15. The van der Waals surface area contributed by atoms with Gasteiger partial charge in [0, 0.05) is 11.5 Å². The van der Waals surface area contributed by atoms with Gasteiger partial charge < -0.3 is 15.7 Å². The second-order valence-electron chi connectivity index (χ2n) is 5.49. The lowest BCUT2D eigenvalue weighted by atomic mass is 10.0. The molecule has 0 spiro atoms. The lowest BCUT2D eigenvalue weighted by Crippen LogP contribution is -2.38. The van der Waals surface area contributed by atoms with Gasteiger partial charge in [-0.3, -0.25) is 4.79 Å². The smallest absolute Gasteiger partial charge is 0.242 e. The molecule has 1 aromatic rings. The Bertz CT molecular complexity index is 538. The van der Waals surface area contributed by atoms with Crippen LogP contribution in [0, 0.1) is 12.3 Å². The maximum Gasteiger partial charge on any atom is 0.242 e. The van der Waals surface area contributed by atoms with E-state index < -0.39 is 0 Å². The molecule has 3 N–H and O–H groups in total. The van der Waals surface area contributed by atoms with Gasteiger partial charge in [-0.2, -0.15) is 0 Å². The van der Waals surface area contributed by atoms with Gasteiger partial charge in [-0.15, -0.1) is 12.4 Å². The molecule has 1 amide bonds. The van der Waals surface area contributed by atoms with Gasteiger partial charge in [0.15, 0.2) is 0 Å². The number of amides is 1. The van der Waals surface area contributed by atoms with Crippen LogP contribution in [0.15, 0.2) is 16.7 Å². The van der Waals surface area contributed by atoms with E-state index in [1.54, 1.807) is 0 Å². The zero-order valence-corrected chi connectivity index (χ0v) is 13.4. The first-order valence-corrected chi connectivity index (χ1v) is 7.14. The number of fused-ring (bicyclic) bond motifs is 1. The molecule has 3 atom stereocenters. The van der Waals surface area contributed by atoms with Crippen molar-refractivity contribution in [3.63, 3.8) is 0 Å². The summed E-state index contributed by atoms with van der Waals surface area (Å²) in [7, 11) is 0. The Balaban J connectivity index is 0.00000147. The highest BCUT2D eigenvalue weighted by Gasteiger charge is 2.61. The third-order valence-corrected chi connectivity index (χ3v) is 4.58. The number of piperidine rings is 1. The second kappa shape index (κ2) is 5.60. The van der Waals surface area contributed by atoms with E-state index in [1.807, 2.05) is 19.1 Å². The number of nitrogens with zero attached hydrogens (tertiary/aromatic N) is 1. The number of aryl methyl sites for hydroxylation is 1. The summed E-state index contributed by atoms with van der Waals surface area (Å²) in [6.45, 7) is 2.06. The maximum absolute atomic E-state index is 12.2. The van der Waals surface area contributed by atoms with Crippen LogP contribution in [0.5, 0.6) is 0 Å². The summed E-state index contributed by atoms with van der Waals surface area (Å²) in [4.78, 5) is 16.5. The van der Waals surface area contributed by atoms with Gasteiger partial charge in [0.05, 0.1) is 12.6 Å². The molecule has 0 bridgehead atoms. The summed E-state index contributed by atoms with van der Waals surface area (Å²) >= 11 is 3.29. The van der Waals surface area contributed by atoms with Crippen LogP contribution in [0.25, 0.3) is 0 Å². The van der Waals surface area contributed by atoms with Crippen molar-refractivity contribution in [3.05, 3.63) is 22.3 Å². The largest absolute Gasteiger partial charge is 0.396 e. The van der Waals surface area contributed by atoms with Crippen LogP contribution in [0.2, 0.25) is 0 Å². The van der Waals surface area contributed by atoms with E-state index in [1.165, 1.54) is 0 Å². The number of carbonyl (C=O) groups excluding carboxylic acids is 1. The molecule has 20 heavy (non-hydrogen) atoms. The minimum Gasteiger partial charge on any atom is -0.396 e. The summed E-state index contributed by atoms with van der Waals surface area (Å²) in [5, 5.41) is 15.5. The fraction of sp³-hybridized carbons (Fsp3) is 0.538. The van der Waals surface area contributed by atoms with Crippen LogP contribution < -0.4 is 10.6 Å². The maximum atomic E-state index is 12.2. The van der Waals surface area contributed by atoms with Gasteiger partial charge in [0.1, 0.15) is 10.4 Å². The van der Waals surface area contributed by atoms with Gasteiger partial charge >= 0.3 is 0 Å². The quantitative estimate of drug-likeness (QED) is 0.715. The van der Waals surface area contributed by atoms with Crippen LogP contribution in [-0.2, 0) is 4.79 Å². The van der Waals surface area contributed by atoms with Crippen LogP contribution in [0.4, 0.5) is 5.82 Å². The van der Waals surface area contributed by atoms with Gasteiger partial charge in [-0.25, -0.2) is 4.98 Å². The van der Waals surface area contributed by atoms with E-state index in [2.05, 4.69) is 31.5 Å². The highest BCUT2D eigenvalue weighted by Crippen LogP contribution is 2.54. The fourth-order valence-corrected chi connectivity index (χ4v) is 3.07. The monoisotopic (exact) mass is 361 g/mol. The third-order valence-electron chi connectivity index (χ3n) is 4.14. The number of aromatic nitrogens is 1. The van der Waals surface area contributed by atoms with E-state index in [9.17, 15) is 9.90 Å². The number of nitrogens with one attached hydrogen (secondary N) is 2. The van der Waals surface area contributed by atoms with E-state index in [0.29, 0.717) is 22.9 Å². The number of rotatable bonds is 3. The number of anilines is 1. The van der Waals surface area contributed by atoms with Gasteiger partial charge in [0.2, 0.25) is 5.91 Å². The number of aliphatic hydroxyl groups excluding tert-OH is 1. The Hall–Kier alpha value is -0.690. The Morgan fingerprint density at radius 3 is 3.00 bits per heavy atom. The van der Waals surface area contributed by atoms with Gasteiger partial charge in [0.25, 0.3) is 0 Å². The Morgan fingerprint density at radius 1 is 1.60 bits per heavy atom. The van der Waals surface area contributed by atoms with E-state index >= 15 is 0 Å². The molecule has 5 nitrogen and oxygen atoms in total. The first-order valence-electron chi connectivity index (χ1n) is 6.35. The first kappa shape index (κ1) is 15.7. The average molecular weight is 363 g/mol. The van der Waals surface area contributed by atoms with Crippen molar-refractivity contribution in [2.45, 2.75) is 31.8 Å². The van der Waals surface area contributed by atoms with E-state index in [-0.39, 0.29) is 36.4 Å². The standard InChI is InChI=1S/C13H16BrN3O2.ClH/c1-7-2-3-10(14)16-11(7)17-12(19)8-4-13(6-18)5-9(13)15-8;/h2-3,8-9,15,18H,4-6H2,1H3,(H,16,17,19);1H. The number of halogens is 2. The van der Waals surface area contributed by atoms with Crippen molar-refractivity contribution >= 4 is 40.1 Å². The summed E-state index contributed by atoms with van der Waals surface area (Å²) in [5.41, 5.74) is 0.874. The first-order chi connectivity index (χ1) is 9.04. The molecule has 1 aromatic heterocycles. The van der Waals surface area contributed by atoms with Crippen LogP contribution in [0.3, 0.4) is 0 Å². The van der Waals surface area contributed by atoms with Crippen LogP contribution in [-0.4, -0.2) is 34.7 Å². The molecule has 2 aliphatic rings. The average Bonchev–Trinajstić information content (AvgIpc) is 2.96. The number of pyridine rings is 1. The molecule has 0 radical (unpaired) electrons. The second-order valence-corrected chi connectivity index (χ2v) is 6.30. The molecule has 1 aliphatic heterocycles. The van der Waals surface area contributed by atoms with Crippen LogP contribution in [0.1, 0.15) is 18.4 Å². The van der Waals surface area contributed by atoms with Crippen molar-refractivity contribution in [1.82, 2.24) is 10.3 Å². The van der Waals surface area contributed by atoms with Gasteiger partial charge in [-0.05, 0) is 47.3 Å². The predicted molar refractivity (Wildman–Crippen MR) is 82.0 cm³/mol. The molecule has 7 heteroatoms. The summed E-state index contributed by atoms with van der Waals surface area (Å²) < 4.78 is 0.697. The zero-order valence-electron chi connectivity index (χ0n) is 11.0. The Kier molecular flexibility index (Phi) is 4.39. The molecule has 1 saturated carbocycles. The molecular formula is C13H17BrClN3O2. The van der Waals surface area contributed by atoms with E-state index in [0.717, 1.165) is 12.0 Å². The summed E-state index contributed by atoms with van der Waals surface area (Å²) in [6, 6.07) is 3.81. The number of carbonyl (C=O) groups is 1. The molecule has 3 unspecified atom stereocenters. The highest BCUT2D eigenvalue weighted by molar-refractivity contribution is 9.10. The molecule has 3 rings (SSSR count). The predicted octanol–water partition coefficient (Wildman–Crippen LogP) is 1.63. The van der Waals surface area contributed by atoms with Crippen molar-refractivity contribution in [3.8, 4) is 0 Å². The zero-order chi connectivity index (χ0) is 13.6. The number of hydrogen-bond donors (Lipinski definition) is 3. The van der Waals surface area contributed by atoms with Gasteiger partial charge in [-0.1, -0.05) is 6.07 Å². The molecule has 2 heterocycles. The normalized spacial score (nSPS) is 30.4. The molecular weight excluding hydrogens is 346 g/mol. The van der Waals surface area contributed by atoms with Crippen molar-refractivity contribution in [2.24, 2.45) is 5.41 Å². The minimum atomic E-state index is -0.230. The molecule has 110 valence electrons. The minimum absolute atomic E-state index is 0. The molecule has 1 aliphatic carbocycles. The summed E-state index contributed by atoms with van der Waals surface area (Å²) in [5.74, 6) is 0.508. The topological polar surface area (TPSA) is 74.2 Å². The Labute approximate surface area is 132 Å². The molecule has 0 aromatic carbocycles. The van der Waals surface area contributed by atoms with Crippen molar-refractivity contribution < 1.29 is 9.90 Å². The van der Waals surface area contributed by atoms with E-state index in [4.69, 9.17) is 0 Å². The number of aliphatic hydroxyl groups is 1. The summed E-state index contributed by atoms with van der Waals surface area (Å²) in [6.07, 6.45) is 1.68.